The zero-order valence-corrected chi connectivity index (χ0v) is 11.8. The average molecular weight is 309 g/mol. The van der Waals surface area contributed by atoms with Crippen LogP contribution in [0, 0.1) is 21.4 Å². The van der Waals surface area contributed by atoms with E-state index in [0.29, 0.717) is 5.82 Å². The van der Waals surface area contributed by atoms with Gasteiger partial charge >= 0.3 is 0 Å². The second-order valence-corrected chi connectivity index (χ2v) is 4.26. The molecule has 0 bridgehead atoms. The fourth-order valence-electron chi connectivity index (χ4n) is 1.67. The highest BCUT2D eigenvalue weighted by Crippen LogP contribution is 2.23. The van der Waals surface area contributed by atoms with Crippen molar-refractivity contribution < 1.29 is 9.72 Å². The van der Waals surface area contributed by atoms with Crippen molar-refractivity contribution >= 4 is 23.1 Å². The van der Waals surface area contributed by atoms with Gasteiger partial charge in [0.2, 0.25) is 0 Å². The maximum atomic E-state index is 12.1. The number of carbonyl (C=O) groups is 1. The van der Waals surface area contributed by atoms with E-state index in [1.54, 1.807) is 36.5 Å². The van der Waals surface area contributed by atoms with Crippen molar-refractivity contribution in [1.82, 2.24) is 4.98 Å². The molecule has 1 aromatic carbocycles. The molecule has 1 heterocycles. The third-order valence-corrected chi connectivity index (χ3v) is 2.74. The van der Waals surface area contributed by atoms with Crippen LogP contribution in [0.3, 0.4) is 0 Å². The lowest BCUT2D eigenvalue weighted by atomic mass is 10.2. The Hall–Kier alpha value is -3.73. The molecule has 0 saturated heterocycles. The molecule has 1 amide bonds. The number of nitrogens with zero attached hydrogens (tertiary/aromatic N) is 3. The van der Waals surface area contributed by atoms with Gasteiger partial charge in [0.25, 0.3) is 11.6 Å². The summed E-state index contributed by atoms with van der Waals surface area (Å²) in [7, 11) is 0. The first-order valence-electron chi connectivity index (χ1n) is 6.44. The number of para-hydroxylation sites is 2. The van der Waals surface area contributed by atoms with Gasteiger partial charge in [-0.15, -0.1) is 0 Å². The first-order valence-corrected chi connectivity index (χ1v) is 6.44. The number of hydrogen-bond donors (Lipinski definition) is 2. The van der Waals surface area contributed by atoms with Gasteiger partial charge in [-0.25, -0.2) is 4.98 Å². The SMILES string of the molecule is N#C/C(=C/Nc1ccccn1)C(=O)Nc1ccccc1[N+](=O)[O-]. The summed E-state index contributed by atoms with van der Waals surface area (Å²) < 4.78 is 0. The molecule has 0 fully saturated rings. The predicted molar refractivity (Wildman–Crippen MR) is 83.3 cm³/mol. The first-order chi connectivity index (χ1) is 11.1. The third kappa shape index (κ3) is 4.12. The van der Waals surface area contributed by atoms with Crippen molar-refractivity contribution in [3.05, 3.63) is 70.5 Å². The van der Waals surface area contributed by atoms with Crippen LogP contribution < -0.4 is 10.6 Å². The van der Waals surface area contributed by atoms with Crippen molar-refractivity contribution in [2.45, 2.75) is 0 Å². The van der Waals surface area contributed by atoms with E-state index in [2.05, 4.69) is 15.6 Å². The monoisotopic (exact) mass is 309 g/mol. The quantitative estimate of drug-likeness (QED) is 0.379. The molecule has 0 saturated carbocycles. The largest absolute Gasteiger partial charge is 0.345 e. The lowest BCUT2D eigenvalue weighted by molar-refractivity contribution is -0.383. The number of nitrogens with one attached hydrogen (secondary N) is 2. The number of hydrogen-bond acceptors (Lipinski definition) is 6. The highest BCUT2D eigenvalue weighted by Gasteiger charge is 2.17. The minimum absolute atomic E-state index is 0.0153. The summed E-state index contributed by atoms with van der Waals surface area (Å²) >= 11 is 0. The Morgan fingerprint density at radius 1 is 1.26 bits per heavy atom. The van der Waals surface area contributed by atoms with E-state index < -0.39 is 10.8 Å². The molecule has 0 unspecified atom stereocenters. The second-order valence-electron chi connectivity index (χ2n) is 4.26. The van der Waals surface area contributed by atoms with Gasteiger partial charge in [0.1, 0.15) is 23.1 Å². The molecule has 0 aliphatic carbocycles. The Kier molecular flexibility index (Phi) is 4.99. The molecule has 2 N–H and O–H groups in total. The van der Waals surface area contributed by atoms with Crippen LogP contribution in [0.15, 0.2) is 60.4 Å². The molecule has 0 radical (unpaired) electrons. The van der Waals surface area contributed by atoms with Gasteiger partial charge < -0.3 is 10.6 Å². The van der Waals surface area contributed by atoms with Crippen LogP contribution in [0.25, 0.3) is 0 Å². The van der Waals surface area contributed by atoms with E-state index >= 15 is 0 Å². The molecule has 23 heavy (non-hydrogen) atoms. The molecule has 8 nitrogen and oxygen atoms in total. The number of aromatic nitrogens is 1. The summed E-state index contributed by atoms with van der Waals surface area (Å²) in [5.41, 5.74) is -0.480. The molecule has 114 valence electrons. The maximum Gasteiger partial charge on any atom is 0.292 e. The summed E-state index contributed by atoms with van der Waals surface area (Å²) in [5.74, 6) is -0.302. The first kappa shape index (κ1) is 15.7. The second kappa shape index (κ2) is 7.33. The molecular weight excluding hydrogens is 298 g/mol. The lowest BCUT2D eigenvalue weighted by Crippen LogP contribution is -2.15. The molecular formula is C15H11N5O3. The smallest absolute Gasteiger partial charge is 0.292 e. The Bertz CT molecular complexity index is 796. The van der Waals surface area contributed by atoms with E-state index in [0.717, 1.165) is 0 Å². The lowest BCUT2D eigenvalue weighted by Gasteiger charge is -2.05. The maximum absolute atomic E-state index is 12.1. The molecule has 2 aromatic rings. The highest BCUT2D eigenvalue weighted by molar-refractivity contribution is 6.07. The van der Waals surface area contributed by atoms with Crippen LogP contribution in [-0.4, -0.2) is 15.8 Å². The number of nitro groups is 1. The van der Waals surface area contributed by atoms with Gasteiger partial charge in [-0.1, -0.05) is 18.2 Å². The van der Waals surface area contributed by atoms with Crippen LogP contribution in [0.4, 0.5) is 17.2 Å². The number of benzene rings is 1. The molecule has 0 aliphatic heterocycles. The Morgan fingerprint density at radius 3 is 2.65 bits per heavy atom. The van der Waals surface area contributed by atoms with E-state index in [4.69, 9.17) is 5.26 Å². The van der Waals surface area contributed by atoms with Crippen LogP contribution >= 0.6 is 0 Å². The van der Waals surface area contributed by atoms with E-state index in [1.165, 1.54) is 24.4 Å². The van der Waals surface area contributed by atoms with E-state index in [-0.39, 0.29) is 16.9 Å². The number of pyridine rings is 1. The number of anilines is 2. The Labute approximate surface area is 131 Å². The van der Waals surface area contributed by atoms with Crippen LogP contribution in [0.1, 0.15) is 0 Å². The zero-order valence-electron chi connectivity index (χ0n) is 11.8. The minimum atomic E-state index is -0.759. The fraction of sp³-hybridized carbons (Fsp3) is 0. The van der Waals surface area contributed by atoms with E-state index in [1.807, 2.05) is 0 Å². The molecule has 1 aromatic heterocycles. The number of rotatable bonds is 5. The van der Waals surface area contributed by atoms with Gasteiger partial charge in [0.15, 0.2) is 0 Å². The number of amides is 1. The summed E-state index contributed by atoms with van der Waals surface area (Å²) in [4.78, 5) is 26.3. The Balaban J connectivity index is 2.15. The number of nitriles is 1. The highest BCUT2D eigenvalue weighted by atomic mass is 16.6. The minimum Gasteiger partial charge on any atom is -0.345 e. The third-order valence-electron chi connectivity index (χ3n) is 2.74. The summed E-state index contributed by atoms with van der Waals surface area (Å²) in [5, 5.41) is 25.0. The van der Waals surface area contributed by atoms with Crippen molar-refractivity contribution in [3.63, 3.8) is 0 Å². The fourth-order valence-corrected chi connectivity index (χ4v) is 1.67. The normalized spacial score (nSPS) is 10.5. The molecule has 0 spiro atoms. The summed E-state index contributed by atoms with van der Waals surface area (Å²) in [6.07, 6.45) is 2.74. The van der Waals surface area contributed by atoms with Gasteiger partial charge in [-0.2, -0.15) is 5.26 Å². The van der Waals surface area contributed by atoms with Crippen molar-refractivity contribution in [2.24, 2.45) is 0 Å². The van der Waals surface area contributed by atoms with Crippen molar-refractivity contribution in [3.8, 4) is 6.07 Å². The van der Waals surface area contributed by atoms with E-state index in [9.17, 15) is 14.9 Å². The standard InChI is InChI=1S/C15H11N5O3/c16-9-11(10-18-14-7-3-4-8-17-14)15(21)19-12-5-1-2-6-13(12)20(22)23/h1-8,10H,(H,17,18)(H,19,21)/b11-10-. The van der Waals surface area contributed by atoms with Crippen LogP contribution in [0.5, 0.6) is 0 Å². The van der Waals surface area contributed by atoms with Gasteiger partial charge in [0, 0.05) is 18.5 Å². The number of nitro benzene ring substituents is 1. The Morgan fingerprint density at radius 2 is 2.00 bits per heavy atom. The summed E-state index contributed by atoms with van der Waals surface area (Å²) in [6.45, 7) is 0. The van der Waals surface area contributed by atoms with Gasteiger partial charge in [0.05, 0.1) is 4.92 Å². The van der Waals surface area contributed by atoms with Gasteiger partial charge in [-0.3, -0.25) is 14.9 Å². The molecule has 8 heteroatoms. The molecule has 0 aliphatic rings. The average Bonchev–Trinajstić information content (AvgIpc) is 2.56. The predicted octanol–water partition coefficient (Wildman–Crippen LogP) is 2.45. The van der Waals surface area contributed by atoms with Crippen LogP contribution in [-0.2, 0) is 4.79 Å². The molecule has 0 atom stereocenters. The van der Waals surface area contributed by atoms with Gasteiger partial charge in [-0.05, 0) is 18.2 Å². The van der Waals surface area contributed by atoms with Crippen molar-refractivity contribution in [2.75, 3.05) is 10.6 Å². The van der Waals surface area contributed by atoms with Crippen molar-refractivity contribution in [1.29, 1.82) is 5.26 Å². The zero-order chi connectivity index (χ0) is 16.7. The topological polar surface area (TPSA) is 121 Å². The van der Waals surface area contributed by atoms with Crippen LogP contribution in [0.2, 0.25) is 0 Å². The molecule has 2 rings (SSSR count). The summed E-state index contributed by atoms with van der Waals surface area (Å²) in [6, 6.07) is 12.5. The number of carbonyl (C=O) groups excluding carboxylic acids is 1.